The van der Waals surface area contributed by atoms with Crippen LogP contribution in [0.5, 0.6) is 0 Å². The molecule has 2 fully saturated rings. The van der Waals surface area contributed by atoms with E-state index in [1.807, 2.05) is 0 Å². The molecule has 1 aliphatic carbocycles. The lowest BCUT2D eigenvalue weighted by molar-refractivity contribution is -0.136. The van der Waals surface area contributed by atoms with Gasteiger partial charge in [0.25, 0.3) is 0 Å². The van der Waals surface area contributed by atoms with E-state index in [1.54, 1.807) is 0 Å². The summed E-state index contributed by atoms with van der Waals surface area (Å²) >= 11 is 0. The monoisotopic (exact) mass is 252 g/mol. The zero-order valence-corrected chi connectivity index (χ0v) is 12.0. The minimum Gasteiger partial charge on any atom is -0.337 e. The molecule has 2 rings (SSSR count). The van der Waals surface area contributed by atoms with Crippen LogP contribution in [-0.4, -0.2) is 36.5 Å². The first kappa shape index (κ1) is 13.9. The van der Waals surface area contributed by atoms with Gasteiger partial charge in [-0.3, -0.25) is 4.79 Å². The van der Waals surface area contributed by atoms with Crippen molar-refractivity contribution in [1.82, 2.24) is 10.2 Å². The quantitative estimate of drug-likeness (QED) is 0.836. The minimum atomic E-state index is 0.398. The van der Waals surface area contributed by atoms with E-state index in [1.165, 1.54) is 32.1 Å². The first-order chi connectivity index (χ1) is 8.68. The average Bonchev–Trinajstić information content (AvgIpc) is 2.40. The number of nitrogens with one attached hydrogen (secondary N) is 1. The van der Waals surface area contributed by atoms with E-state index in [-0.39, 0.29) is 0 Å². The van der Waals surface area contributed by atoms with Gasteiger partial charge in [0.15, 0.2) is 0 Å². The van der Waals surface area contributed by atoms with Crippen molar-refractivity contribution in [3.05, 3.63) is 0 Å². The summed E-state index contributed by atoms with van der Waals surface area (Å²) in [6, 6.07) is 0.398. The van der Waals surface area contributed by atoms with Gasteiger partial charge in [-0.25, -0.2) is 0 Å². The van der Waals surface area contributed by atoms with E-state index in [0.29, 0.717) is 23.8 Å². The number of hydrogen-bond acceptors (Lipinski definition) is 2. The van der Waals surface area contributed by atoms with Gasteiger partial charge in [0, 0.05) is 32.1 Å². The summed E-state index contributed by atoms with van der Waals surface area (Å²) in [6.45, 7) is 7.26. The Morgan fingerprint density at radius 2 is 2.00 bits per heavy atom. The summed E-state index contributed by atoms with van der Waals surface area (Å²) in [6.07, 6.45) is 7.35. The van der Waals surface area contributed by atoms with Crippen molar-refractivity contribution >= 4 is 5.91 Å². The molecule has 1 heterocycles. The fourth-order valence-corrected chi connectivity index (χ4v) is 3.39. The normalized spacial score (nSPS) is 26.6. The molecule has 104 valence electrons. The highest BCUT2D eigenvalue weighted by Gasteiger charge is 2.30. The van der Waals surface area contributed by atoms with E-state index in [0.717, 1.165) is 26.1 Å². The molecule has 3 nitrogen and oxygen atoms in total. The molecule has 0 aromatic rings. The molecule has 1 atom stereocenters. The van der Waals surface area contributed by atoms with Gasteiger partial charge in [-0.1, -0.05) is 33.1 Å². The summed E-state index contributed by atoms with van der Waals surface area (Å²) in [4.78, 5) is 14.6. The molecule has 0 spiro atoms. The van der Waals surface area contributed by atoms with Gasteiger partial charge < -0.3 is 10.2 Å². The number of piperazine rings is 1. The van der Waals surface area contributed by atoms with Gasteiger partial charge in [-0.15, -0.1) is 0 Å². The smallest absolute Gasteiger partial charge is 0.223 e. The van der Waals surface area contributed by atoms with E-state index < -0.39 is 0 Å². The lowest BCUT2D eigenvalue weighted by atomic mass is 9.86. The van der Waals surface area contributed by atoms with E-state index >= 15 is 0 Å². The van der Waals surface area contributed by atoms with Crippen LogP contribution in [0.25, 0.3) is 0 Å². The minimum absolute atomic E-state index is 0.398. The first-order valence-corrected chi connectivity index (χ1v) is 7.68. The van der Waals surface area contributed by atoms with Gasteiger partial charge in [-0.2, -0.15) is 0 Å². The molecule has 1 saturated carbocycles. The maximum Gasteiger partial charge on any atom is 0.223 e. The summed E-state index contributed by atoms with van der Waals surface area (Å²) < 4.78 is 0. The summed E-state index contributed by atoms with van der Waals surface area (Å²) in [5, 5.41) is 3.41. The second-order valence-electron chi connectivity index (χ2n) is 6.31. The van der Waals surface area contributed by atoms with Crippen LogP contribution in [0.3, 0.4) is 0 Å². The lowest BCUT2D eigenvalue weighted by Gasteiger charge is -2.39. The van der Waals surface area contributed by atoms with Crippen LogP contribution in [0.2, 0.25) is 0 Å². The highest BCUT2D eigenvalue weighted by molar-refractivity contribution is 5.77. The van der Waals surface area contributed by atoms with Crippen LogP contribution in [0.1, 0.15) is 52.4 Å². The molecule has 1 amide bonds. The molecule has 0 radical (unpaired) electrons. The number of amides is 1. The molecule has 0 aromatic heterocycles. The summed E-state index contributed by atoms with van der Waals surface area (Å²) in [7, 11) is 0. The third kappa shape index (κ3) is 3.47. The number of nitrogens with zero attached hydrogens (tertiary/aromatic N) is 1. The van der Waals surface area contributed by atoms with Crippen molar-refractivity contribution in [3.63, 3.8) is 0 Å². The van der Waals surface area contributed by atoms with E-state index in [2.05, 4.69) is 24.1 Å². The topological polar surface area (TPSA) is 32.3 Å². The van der Waals surface area contributed by atoms with Crippen LogP contribution in [-0.2, 0) is 4.79 Å². The van der Waals surface area contributed by atoms with Gasteiger partial charge in [-0.05, 0) is 24.7 Å². The standard InChI is InChI=1S/C15H28N2O/c1-12(2)14-11-16-8-9-17(14)15(18)10-13-6-4-3-5-7-13/h12-14,16H,3-11H2,1-2H3/t14-/m1/s1. The molecule has 0 unspecified atom stereocenters. The lowest BCUT2D eigenvalue weighted by Crippen LogP contribution is -2.55. The molecule has 18 heavy (non-hydrogen) atoms. The zero-order valence-electron chi connectivity index (χ0n) is 12.0. The predicted octanol–water partition coefficient (Wildman–Crippen LogP) is 2.41. The van der Waals surface area contributed by atoms with Crippen LogP contribution < -0.4 is 5.32 Å². The largest absolute Gasteiger partial charge is 0.337 e. The Labute approximate surface area is 111 Å². The van der Waals surface area contributed by atoms with Crippen LogP contribution >= 0.6 is 0 Å². The first-order valence-electron chi connectivity index (χ1n) is 7.68. The van der Waals surface area contributed by atoms with Crippen molar-refractivity contribution in [2.45, 2.75) is 58.4 Å². The second kappa shape index (κ2) is 6.55. The number of carbonyl (C=O) groups excluding carboxylic acids is 1. The Hall–Kier alpha value is -0.570. The molecule has 0 aromatic carbocycles. The van der Waals surface area contributed by atoms with E-state index in [9.17, 15) is 4.79 Å². The van der Waals surface area contributed by atoms with Crippen molar-refractivity contribution in [2.24, 2.45) is 11.8 Å². The van der Waals surface area contributed by atoms with Crippen LogP contribution in [0.15, 0.2) is 0 Å². The van der Waals surface area contributed by atoms with Gasteiger partial charge >= 0.3 is 0 Å². The predicted molar refractivity (Wildman–Crippen MR) is 74.4 cm³/mol. The summed E-state index contributed by atoms with van der Waals surface area (Å²) in [5.74, 6) is 1.61. The third-order valence-corrected chi connectivity index (χ3v) is 4.56. The molecule has 2 aliphatic rings. The Morgan fingerprint density at radius 3 is 2.67 bits per heavy atom. The fraction of sp³-hybridized carbons (Fsp3) is 0.933. The van der Waals surface area contributed by atoms with Crippen molar-refractivity contribution in [2.75, 3.05) is 19.6 Å². The van der Waals surface area contributed by atoms with Gasteiger partial charge in [0.1, 0.15) is 0 Å². The Morgan fingerprint density at radius 1 is 1.28 bits per heavy atom. The van der Waals surface area contributed by atoms with Crippen molar-refractivity contribution in [1.29, 1.82) is 0 Å². The molecule has 1 aliphatic heterocycles. The van der Waals surface area contributed by atoms with Crippen molar-refractivity contribution in [3.8, 4) is 0 Å². The molecule has 3 heteroatoms. The van der Waals surface area contributed by atoms with Crippen molar-refractivity contribution < 1.29 is 4.79 Å². The fourth-order valence-electron chi connectivity index (χ4n) is 3.39. The SMILES string of the molecule is CC(C)[C@H]1CNCCN1C(=O)CC1CCCCC1. The van der Waals surface area contributed by atoms with Gasteiger partial charge in [0.05, 0.1) is 0 Å². The third-order valence-electron chi connectivity index (χ3n) is 4.56. The summed E-state index contributed by atoms with van der Waals surface area (Å²) in [5.41, 5.74) is 0. The highest BCUT2D eigenvalue weighted by Crippen LogP contribution is 2.27. The molecular weight excluding hydrogens is 224 g/mol. The Bertz CT molecular complexity index is 272. The number of rotatable bonds is 3. The Balaban J connectivity index is 1.89. The number of hydrogen-bond donors (Lipinski definition) is 1. The highest BCUT2D eigenvalue weighted by atomic mass is 16.2. The van der Waals surface area contributed by atoms with Gasteiger partial charge in [0.2, 0.25) is 5.91 Å². The molecule has 1 saturated heterocycles. The average molecular weight is 252 g/mol. The zero-order chi connectivity index (χ0) is 13.0. The van der Waals surface area contributed by atoms with Crippen LogP contribution in [0.4, 0.5) is 0 Å². The molecule has 1 N–H and O–H groups in total. The van der Waals surface area contributed by atoms with Crippen LogP contribution in [0, 0.1) is 11.8 Å². The maximum atomic E-state index is 12.5. The molecule has 0 bridgehead atoms. The number of carbonyl (C=O) groups is 1. The van der Waals surface area contributed by atoms with E-state index in [4.69, 9.17) is 0 Å². The maximum absolute atomic E-state index is 12.5. The molecular formula is C15H28N2O. The Kier molecular flexibility index (Phi) is 5.04. The second-order valence-corrected chi connectivity index (χ2v) is 6.31.